The maximum Gasteiger partial charge on any atom is 0.274 e. The summed E-state index contributed by atoms with van der Waals surface area (Å²) >= 11 is 0. The molecule has 1 fully saturated rings. The average molecular weight is 227 g/mol. The molecule has 0 spiro atoms. The molecule has 0 unspecified atom stereocenters. The van der Waals surface area contributed by atoms with Crippen LogP contribution in [0.4, 0.5) is 0 Å². The van der Waals surface area contributed by atoms with Gasteiger partial charge in [0.1, 0.15) is 0 Å². The first-order valence-corrected chi connectivity index (χ1v) is 6.49. The Kier molecular flexibility index (Phi) is 2.58. The number of fused-ring (bicyclic) bond motifs is 1. The molecule has 1 aliphatic carbocycles. The maximum atomic E-state index is 12.0. The van der Waals surface area contributed by atoms with Crippen molar-refractivity contribution in [3.63, 3.8) is 0 Å². The van der Waals surface area contributed by atoms with Gasteiger partial charge in [-0.3, -0.25) is 4.79 Å². The summed E-state index contributed by atoms with van der Waals surface area (Å²) in [5.74, 6) is 0.459. The summed E-state index contributed by atoms with van der Waals surface area (Å²) in [4.78, 5) is 16.2. The van der Waals surface area contributed by atoms with Gasteiger partial charge in [-0.25, -0.2) is 4.99 Å². The average Bonchev–Trinajstić information content (AvgIpc) is 2.65. The molecule has 2 heteroatoms. The standard InChI is InChI=1S/C15H17NO/c1-10-7-8-13-12(9-10)14(15(17)16-13)11-5-3-2-4-6-11/h7-9,11H,2-6H2,1H3. The first kappa shape index (κ1) is 10.7. The molecule has 17 heavy (non-hydrogen) atoms. The highest BCUT2D eigenvalue weighted by atomic mass is 16.1. The zero-order valence-electron chi connectivity index (χ0n) is 10.2. The molecule has 0 saturated heterocycles. The molecule has 0 atom stereocenters. The van der Waals surface area contributed by atoms with Gasteiger partial charge in [0.25, 0.3) is 5.91 Å². The molecule has 1 heterocycles. The third-order valence-electron chi connectivity index (χ3n) is 3.91. The summed E-state index contributed by atoms with van der Waals surface area (Å²) in [6.07, 6.45) is 6.13. The van der Waals surface area contributed by atoms with Gasteiger partial charge in [0.2, 0.25) is 0 Å². The molecule has 1 saturated carbocycles. The van der Waals surface area contributed by atoms with Crippen molar-refractivity contribution in [1.29, 1.82) is 0 Å². The van der Waals surface area contributed by atoms with Crippen molar-refractivity contribution in [2.24, 2.45) is 10.9 Å². The van der Waals surface area contributed by atoms with Crippen molar-refractivity contribution in [1.82, 2.24) is 0 Å². The lowest BCUT2D eigenvalue weighted by molar-refractivity contribution is -0.113. The van der Waals surface area contributed by atoms with E-state index in [1.54, 1.807) is 0 Å². The van der Waals surface area contributed by atoms with Crippen LogP contribution in [-0.4, -0.2) is 5.91 Å². The Bertz CT molecular complexity index is 579. The molecular formula is C15H17NO. The lowest BCUT2D eigenvalue weighted by Crippen LogP contribution is -2.26. The van der Waals surface area contributed by atoms with Crippen LogP contribution in [0, 0.1) is 12.8 Å². The minimum atomic E-state index is 0.0116. The second-order valence-corrected chi connectivity index (χ2v) is 5.19. The van der Waals surface area contributed by atoms with Crippen LogP contribution in [-0.2, 0) is 4.79 Å². The molecule has 2 aliphatic rings. The smallest absolute Gasteiger partial charge is 0.267 e. The molecule has 0 bridgehead atoms. The Morgan fingerprint density at radius 1 is 1.18 bits per heavy atom. The number of benzene rings is 1. The van der Waals surface area contributed by atoms with Crippen LogP contribution >= 0.6 is 0 Å². The highest BCUT2D eigenvalue weighted by Gasteiger charge is 2.26. The second-order valence-electron chi connectivity index (χ2n) is 5.19. The summed E-state index contributed by atoms with van der Waals surface area (Å²) < 4.78 is 0. The lowest BCUT2D eigenvalue weighted by Gasteiger charge is -2.21. The van der Waals surface area contributed by atoms with Gasteiger partial charge in [0, 0.05) is 10.8 Å². The molecule has 1 aliphatic heterocycles. The van der Waals surface area contributed by atoms with Gasteiger partial charge in [0.15, 0.2) is 0 Å². The minimum absolute atomic E-state index is 0.0116. The van der Waals surface area contributed by atoms with E-state index >= 15 is 0 Å². The van der Waals surface area contributed by atoms with Crippen LogP contribution < -0.4 is 10.6 Å². The quantitative estimate of drug-likeness (QED) is 0.720. The van der Waals surface area contributed by atoms with E-state index in [1.165, 1.54) is 24.8 Å². The number of carbonyl (C=O) groups excluding carboxylic acids is 1. The molecular weight excluding hydrogens is 210 g/mol. The van der Waals surface area contributed by atoms with Crippen molar-refractivity contribution < 1.29 is 4.79 Å². The molecule has 1 amide bonds. The topological polar surface area (TPSA) is 29.4 Å². The van der Waals surface area contributed by atoms with E-state index in [0.717, 1.165) is 29.0 Å². The monoisotopic (exact) mass is 227 g/mol. The van der Waals surface area contributed by atoms with E-state index in [4.69, 9.17) is 0 Å². The Balaban J connectivity index is 2.16. The Labute approximate surface area is 101 Å². The SMILES string of the molecule is Cc1ccc2c(c1)=C(C1CCCCC1)C(=O)N=2. The largest absolute Gasteiger partial charge is 0.274 e. The highest BCUT2D eigenvalue weighted by Crippen LogP contribution is 2.31. The van der Waals surface area contributed by atoms with E-state index in [0.29, 0.717) is 5.92 Å². The first-order valence-electron chi connectivity index (χ1n) is 6.49. The van der Waals surface area contributed by atoms with Gasteiger partial charge in [-0.2, -0.15) is 0 Å². The van der Waals surface area contributed by atoms with E-state index in [9.17, 15) is 4.79 Å². The van der Waals surface area contributed by atoms with Crippen molar-refractivity contribution >= 4 is 11.5 Å². The van der Waals surface area contributed by atoms with Gasteiger partial charge >= 0.3 is 0 Å². The van der Waals surface area contributed by atoms with Crippen LogP contribution in [0.25, 0.3) is 5.57 Å². The molecule has 1 aromatic rings. The fraction of sp³-hybridized carbons (Fsp3) is 0.467. The van der Waals surface area contributed by atoms with Gasteiger partial charge in [-0.05, 0) is 37.8 Å². The number of carbonyl (C=O) groups is 1. The van der Waals surface area contributed by atoms with Crippen molar-refractivity contribution in [2.45, 2.75) is 39.0 Å². The van der Waals surface area contributed by atoms with E-state index in [-0.39, 0.29) is 5.91 Å². The number of aryl methyl sites for hydroxylation is 1. The molecule has 3 rings (SSSR count). The third-order valence-corrected chi connectivity index (χ3v) is 3.91. The molecule has 2 nitrogen and oxygen atoms in total. The van der Waals surface area contributed by atoms with E-state index < -0.39 is 0 Å². The van der Waals surface area contributed by atoms with Crippen LogP contribution in [0.1, 0.15) is 37.7 Å². The zero-order chi connectivity index (χ0) is 11.8. The molecule has 0 aromatic heterocycles. The van der Waals surface area contributed by atoms with Crippen LogP contribution in [0.3, 0.4) is 0 Å². The van der Waals surface area contributed by atoms with Crippen LogP contribution in [0.5, 0.6) is 0 Å². The Morgan fingerprint density at radius 3 is 2.71 bits per heavy atom. The molecule has 1 aromatic carbocycles. The van der Waals surface area contributed by atoms with Gasteiger partial charge in [-0.1, -0.05) is 30.9 Å². The fourth-order valence-corrected chi connectivity index (χ4v) is 3.03. The Morgan fingerprint density at radius 2 is 1.94 bits per heavy atom. The Hall–Kier alpha value is -1.44. The number of rotatable bonds is 1. The van der Waals surface area contributed by atoms with Crippen molar-refractivity contribution in [3.8, 4) is 0 Å². The minimum Gasteiger partial charge on any atom is -0.267 e. The molecule has 0 radical (unpaired) electrons. The fourth-order valence-electron chi connectivity index (χ4n) is 3.03. The van der Waals surface area contributed by atoms with Gasteiger partial charge < -0.3 is 0 Å². The van der Waals surface area contributed by atoms with Crippen molar-refractivity contribution in [2.75, 3.05) is 0 Å². The first-order chi connectivity index (χ1) is 8.25. The van der Waals surface area contributed by atoms with Gasteiger partial charge in [0.05, 0.1) is 5.36 Å². The predicted molar refractivity (Wildman–Crippen MR) is 67.0 cm³/mol. The highest BCUT2D eigenvalue weighted by molar-refractivity contribution is 6.16. The zero-order valence-corrected chi connectivity index (χ0v) is 10.2. The summed E-state index contributed by atoms with van der Waals surface area (Å²) in [5, 5.41) is 1.98. The summed E-state index contributed by atoms with van der Waals surface area (Å²) in [7, 11) is 0. The van der Waals surface area contributed by atoms with Crippen LogP contribution in [0.15, 0.2) is 23.2 Å². The number of hydrogen-bond donors (Lipinski definition) is 0. The summed E-state index contributed by atoms with van der Waals surface area (Å²) in [5.41, 5.74) is 2.20. The van der Waals surface area contributed by atoms with E-state index in [2.05, 4.69) is 18.0 Å². The van der Waals surface area contributed by atoms with Gasteiger partial charge in [-0.15, -0.1) is 0 Å². The number of amides is 1. The number of nitrogens with zero attached hydrogens (tertiary/aromatic N) is 1. The maximum absolute atomic E-state index is 12.0. The van der Waals surface area contributed by atoms with Crippen LogP contribution in [0.2, 0.25) is 0 Å². The molecule has 0 N–H and O–H groups in total. The predicted octanol–water partition coefficient (Wildman–Crippen LogP) is 1.89. The van der Waals surface area contributed by atoms with E-state index in [1.807, 2.05) is 12.1 Å². The summed E-state index contributed by atoms with van der Waals surface area (Å²) in [6, 6.07) is 6.12. The molecule has 88 valence electrons. The normalized spacial score (nSPS) is 20.3. The lowest BCUT2D eigenvalue weighted by atomic mass is 9.83. The number of hydrogen-bond acceptors (Lipinski definition) is 1. The summed E-state index contributed by atoms with van der Waals surface area (Å²) in [6.45, 7) is 2.07. The third kappa shape index (κ3) is 1.82. The second kappa shape index (κ2) is 4.10. The van der Waals surface area contributed by atoms with Crippen molar-refractivity contribution in [3.05, 3.63) is 34.3 Å².